The number of aryl methyl sites for hydroxylation is 2. The van der Waals surface area contributed by atoms with Crippen LogP contribution in [-0.2, 0) is 35.5 Å². The van der Waals surface area contributed by atoms with Crippen LogP contribution in [0.5, 0.6) is 0 Å². The Morgan fingerprint density at radius 3 is 2.44 bits per heavy atom. The van der Waals surface area contributed by atoms with Crippen molar-refractivity contribution in [3.8, 4) is 11.1 Å². The minimum atomic E-state index is -0.404. The quantitative estimate of drug-likeness (QED) is 0.358. The van der Waals surface area contributed by atoms with Crippen LogP contribution in [-0.4, -0.2) is 48.0 Å². The Balaban J connectivity index is 1.44. The molecule has 0 radical (unpaired) electrons. The van der Waals surface area contributed by atoms with Crippen molar-refractivity contribution >= 4 is 17.5 Å². The monoisotopic (exact) mass is 554 g/mol. The predicted molar refractivity (Wildman–Crippen MR) is 161 cm³/mol. The van der Waals surface area contributed by atoms with Crippen molar-refractivity contribution in [3.63, 3.8) is 0 Å². The van der Waals surface area contributed by atoms with E-state index in [9.17, 15) is 14.4 Å². The van der Waals surface area contributed by atoms with Gasteiger partial charge in [0.25, 0.3) is 11.5 Å². The van der Waals surface area contributed by atoms with Crippen molar-refractivity contribution in [1.29, 1.82) is 0 Å². The number of fused-ring (bicyclic) bond motifs is 1. The number of ether oxygens (including phenoxy) is 1. The summed E-state index contributed by atoms with van der Waals surface area (Å²) >= 11 is 0. The molecule has 2 aliphatic rings. The lowest BCUT2D eigenvalue weighted by Gasteiger charge is -2.26. The minimum absolute atomic E-state index is 0.117. The van der Waals surface area contributed by atoms with Crippen LogP contribution >= 0.6 is 0 Å². The molecule has 8 nitrogen and oxygen atoms in total. The van der Waals surface area contributed by atoms with Gasteiger partial charge in [-0.05, 0) is 73.4 Å². The highest BCUT2D eigenvalue weighted by Crippen LogP contribution is 2.34. The molecule has 0 unspecified atom stereocenters. The van der Waals surface area contributed by atoms with E-state index in [4.69, 9.17) is 4.74 Å². The van der Waals surface area contributed by atoms with E-state index in [0.717, 1.165) is 86.5 Å². The number of nitrogens with zero attached hydrogens (tertiary/aromatic N) is 1. The number of aromatic amines is 1. The van der Waals surface area contributed by atoms with Gasteiger partial charge >= 0.3 is 0 Å². The molecule has 2 heterocycles. The highest BCUT2D eigenvalue weighted by atomic mass is 16.5. The van der Waals surface area contributed by atoms with E-state index in [0.29, 0.717) is 16.8 Å². The lowest BCUT2D eigenvalue weighted by Crippen LogP contribution is -2.35. The zero-order valence-electron chi connectivity index (χ0n) is 23.9. The molecule has 3 N–H and O–H groups in total. The summed E-state index contributed by atoms with van der Waals surface area (Å²) in [6.45, 7) is 11.6. The number of anilines is 1. The third-order valence-corrected chi connectivity index (χ3v) is 8.13. The molecule has 0 bridgehead atoms. The molecule has 2 amide bonds. The lowest BCUT2D eigenvalue weighted by atomic mass is 9.88. The van der Waals surface area contributed by atoms with Gasteiger partial charge in [0.05, 0.1) is 24.5 Å². The molecule has 1 aromatic heterocycles. The zero-order valence-corrected chi connectivity index (χ0v) is 23.9. The summed E-state index contributed by atoms with van der Waals surface area (Å²) in [5.41, 5.74) is 7.92. The number of carbonyl (C=O) groups excluding carboxylic acids is 2. The molecule has 5 rings (SSSR count). The van der Waals surface area contributed by atoms with Gasteiger partial charge in [-0.25, -0.2) is 0 Å². The fourth-order valence-electron chi connectivity index (χ4n) is 5.91. The molecule has 2 aromatic carbocycles. The molecular weight excluding hydrogens is 516 g/mol. The molecule has 1 aliphatic heterocycles. The maximum Gasteiger partial charge on any atom is 0.253 e. The van der Waals surface area contributed by atoms with E-state index in [1.165, 1.54) is 17.2 Å². The Hall–Kier alpha value is -4.01. The number of H-pyrrole nitrogens is 1. The molecule has 0 atom stereocenters. The van der Waals surface area contributed by atoms with Crippen LogP contribution in [0.3, 0.4) is 0 Å². The normalized spacial score (nSPS) is 15.2. The standard InChI is InChI=1S/C33H38N4O4/c1-4-29(38)36-31-26(24-12-10-23(11-13-24)20-37-15-17-41-18-16-37)14-9-21(2)30(31)33(40)34-19-28-27-8-6-5-7-25(27)22(3)35-32(28)39/h4,9-14H,1,5-8,15-20H2,2-3H3,(H,34,40)(H,35,39)(H,36,38). The molecule has 41 heavy (non-hydrogen) atoms. The number of nitrogens with one attached hydrogen (secondary N) is 3. The SMILES string of the molecule is C=CC(=O)Nc1c(-c2ccc(CN3CCOCC3)cc2)ccc(C)c1C(=O)NCc1c2c(c(C)[nH]c1=O)CCCC2. The molecule has 1 aliphatic carbocycles. The van der Waals surface area contributed by atoms with Gasteiger partial charge in [0.15, 0.2) is 0 Å². The molecule has 0 spiro atoms. The Kier molecular flexibility index (Phi) is 8.81. The van der Waals surface area contributed by atoms with Crippen LogP contribution < -0.4 is 16.2 Å². The highest BCUT2D eigenvalue weighted by molar-refractivity contribution is 6.10. The number of hydrogen-bond acceptors (Lipinski definition) is 5. The van der Waals surface area contributed by atoms with E-state index < -0.39 is 5.91 Å². The second-order valence-electron chi connectivity index (χ2n) is 10.9. The maximum atomic E-state index is 13.7. The van der Waals surface area contributed by atoms with Gasteiger partial charge in [0.1, 0.15) is 0 Å². The predicted octanol–water partition coefficient (Wildman–Crippen LogP) is 4.42. The number of benzene rings is 2. The van der Waals surface area contributed by atoms with Gasteiger partial charge in [-0.2, -0.15) is 0 Å². The molecule has 1 fully saturated rings. The van der Waals surface area contributed by atoms with E-state index in [1.807, 2.05) is 38.1 Å². The molecule has 214 valence electrons. The van der Waals surface area contributed by atoms with Crippen molar-refractivity contribution in [1.82, 2.24) is 15.2 Å². The largest absolute Gasteiger partial charge is 0.379 e. The van der Waals surface area contributed by atoms with Gasteiger partial charge < -0.3 is 20.4 Å². The first-order valence-electron chi connectivity index (χ1n) is 14.3. The topological polar surface area (TPSA) is 104 Å². The summed E-state index contributed by atoms with van der Waals surface area (Å²) < 4.78 is 5.45. The summed E-state index contributed by atoms with van der Waals surface area (Å²) in [6, 6.07) is 12.0. The molecular formula is C33H38N4O4. The summed E-state index contributed by atoms with van der Waals surface area (Å²) in [5, 5.41) is 5.87. The van der Waals surface area contributed by atoms with Crippen LogP contribution in [0.15, 0.2) is 53.8 Å². The average Bonchev–Trinajstić information content (AvgIpc) is 2.98. The number of rotatable bonds is 8. The third kappa shape index (κ3) is 6.34. The Labute approximate surface area is 240 Å². The number of carbonyl (C=O) groups is 2. The second-order valence-corrected chi connectivity index (χ2v) is 10.9. The van der Waals surface area contributed by atoms with Crippen molar-refractivity contribution in [2.45, 2.75) is 52.6 Å². The second kappa shape index (κ2) is 12.7. The first kappa shape index (κ1) is 28.5. The minimum Gasteiger partial charge on any atom is -0.379 e. The van der Waals surface area contributed by atoms with E-state index in [-0.39, 0.29) is 18.0 Å². The van der Waals surface area contributed by atoms with Crippen molar-refractivity contribution in [2.24, 2.45) is 0 Å². The smallest absolute Gasteiger partial charge is 0.253 e. The number of morpholine rings is 1. The van der Waals surface area contributed by atoms with E-state index in [2.05, 4.69) is 39.2 Å². The number of aromatic nitrogens is 1. The fourth-order valence-corrected chi connectivity index (χ4v) is 5.91. The third-order valence-electron chi connectivity index (χ3n) is 8.13. The van der Waals surface area contributed by atoms with Crippen LogP contribution in [0.4, 0.5) is 5.69 Å². The summed E-state index contributed by atoms with van der Waals surface area (Å²) in [7, 11) is 0. The van der Waals surface area contributed by atoms with Crippen LogP contribution in [0.2, 0.25) is 0 Å². The van der Waals surface area contributed by atoms with Gasteiger partial charge in [0.2, 0.25) is 5.91 Å². The molecule has 0 saturated carbocycles. The van der Waals surface area contributed by atoms with Crippen LogP contribution in [0, 0.1) is 13.8 Å². The number of amides is 2. The summed E-state index contributed by atoms with van der Waals surface area (Å²) in [5.74, 6) is -0.754. The Morgan fingerprint density at radius 1 is 1.02 bits per heavy atom. The van der Waals surface area contributed by atoms with E-state index in [1.54, 1.807) is 0 Å². The number of hydrogen-bond donors (Lipinski definition) is 3. The zero-order chi connectivity index (χ0) is 28.9. The van der Waals surface area contributed by atoms with Crippen molar-refractivity contribution < 1.29 is 14.3 Å². The molecule has 1 saturated heterocycles. The maximum absolute atomic E-state index is 13.7. The van der Waals surface area contributed by atoms with Gasteiger partial charge in [-0.15, -0.1) is 0 Å². The highest BCUT2D eigenvalue weighted by Gasteiger charge is 2.23. The van der Waals surface area contributed by atoms with E-state index >= 15 is 0 Å². The number of pyridine rings is 1. The van der Waals surface area contributed by atoms with Crippen molar-refractivity contribution in [3.05, 3.63) is 98.5 Å². The van der Waals surface area contributed by atoms with Gasteiger partial charge in [-0.3, -0.25) is 19.3 Å². The Bertz CT molecular complexity index is 1520. The Morgan fingerprint density at radius 2 is 1.73 bits per heavy atom. The first-order chi connectivity index (χ1) is 19.9. The average molecular weight is 555 g/mol. The molecule has 3 aromatic rings. The van der Waals surface area contributed by atoms with Crippen LogP contribution in [0.1, 0.15) is 56.7 Å². The van der Waals surface area contributed by atoms with Gasteiger partial charge in [-0.1, -0.05) is 43.0 Å². The summed E-state index contributed by atoms with van der Waals surface area (Å²) in [6.07, 6.45) is 5.08. The first-order valence-corrected chi connectivity index (χ1v) is 14.3. The van der Waals surface area contributed by atoms with Crippen molar-refractivity contribution in [2.75, 3.05) is 31.6 Å². The fraction of sp³-hybridized carbons (Fsp3) is 0.364. The molecule has 8 heteroatoms. The summed E-state index contributed by atoms with van der Waals surface area (Å²) in [4.78, 5) is 44.5. The van der Waals surface area contributed by atoms with Gasteiger partial charge in [0, 0.05) is 43.0 Å². The van der Waals surface area contributed by atoms with Crippen LogP contribution in [0.25, 0.3) is 11.1 Å². The lowest BCUT2D eigenvalue weighted by molar-refractivity contribution is -0.111.